The van der Waals surface area contributed by atoms with Crippen LogP contribution in [0.3, 0.4) is 0 Å². The number of rotatable bonds is 6. The highest BCUT2D eigenvalue weighted by molar-refractivity contribution is 5.96. The van der Waals surface area contributed by atoms with Crippen molar-refractivity contribution < 1.29 is 19.1 Å². The van der Waals surface area contributed by atoms with Gasteiger partial charge in [-0.2, -0.15) is 0 Å². The molecule has 0 unspecified atom stereocenters. The van der Waals surface area contributed by atoms with E-state index in [1.165, 1.54) is 6.92 Å². The van der Waals surface area contributed by atoms with E-state index in [-0.39, 0.29) is 24.2 Å². The molecule has 0 heterocycles. The summed E-state index contributed by atoms with van der Waals surface area (Å²) in [5.41, 5.74) is 1.60. The maximum absolute atomic E-state index is 11.9. The summed E-state index contributed by atoms with van der Waals surface area (Å²) in [5, 5.41) is 5.19. The van der Waals surface area contributed by atoms with Gasteiger partial charge in [-0.15, -0.1) is 0 Å². The van der Waals surface area contributed by atoms with Crippen molar-refractivity contribution in [3.8, 4) is 5.75 Å². The zero-order chi connectivity index (χ0) is 17.5. The quantitative estimate of drug-likeness (QED) is 0.798. The van der Waals surface area contributed by atoms with Crippen LogP contribution in [-0.4, -0.2) is 31.3 Å². The zero-order valence-corrected chi connectivity index (χ0v) is 13.5. The maximum atomic E-state index is 11.9. The van der Waals surface area contributed by atoms with Crippen molar-refractivity contribution in [1.29, 1.82) is 0 Å². The summed E-state index contributed by atoms with van der Waals surface area (Å²) in [5.74, 6) is -0.147. The van der Waals surface area contributed by atoms with E-state index in [0.29, 0.717) is 22.6 Å². The highest BCUT2D eigenvalue weighted by Crippen LogP contribution is 2.14. The lowest BCUT2D eigenvalue weighted by Gasteiger charge is -2.08. The molecule has 2 aromatic carbocycles. The van der Waals surface area contributed by atoms with Gasteiger partial charge in [0.1, 0.15) is 5.75 Å². The van der Waals surface area contributed by atoms with E-state index in [1.54, 1.807) is 55.6 Å². The molecule has 0 aliphatic heterocycles. The number of nitrogens with one attached hydrogen (secondary N) is 2. The Bertz CT molecular complexity index is 754. The minimum Gasteiger partial charge on any atom is -0.484 e. The van der Waals surface area contributed by atoms with Crippen LogP contribution in [0.4, 0.5) is 5.69 Å². The van der Waals surface area contributed by atoms with Crippen LogP contribution in [0.15, 0.2) is 48.5 Å². The number of hydrogen-bond donors (Lipinski definition) is 2. The fourth-order valence-electron chi connectivity index (χ4n) is 2.00. The average molecular weight is 326 g/mol. The monoisotopic (exact) mass is 326 g/mol. The summed E-state index contributed by atoms with van der Waals surface area (Å²) in [7, 11) is 1.55. The summed E-state index contributed by atoms with van der Waals surface area (Å²) in [6.45, 7) is 1.28. The largest absolute Gasteiger partial charge is 0.484 e. The Morgan fingerprint density at radius 2 is 1.71 bits per heavy atom. The van der Waals surface area contributed by atoms with Gasteiger partial charge in [0.05, 0.1) is 0 Å². The molecule has 0 aliphatic rings. The first kappa shape index (κ1) is 17.2. The first-order valence-corrected chi connectivity index (χ1v) is 7.35. The first-order valence-electron chi connectivity index (χ1n) is 7.35. The molecule has 0 aliphatic carbocycles. The Morgan fingerprint density at radius 1 is 1.00 bits per heavy atom. The van der Waals surface area contributed by atoms with E-state index < -0.39 is 0 Å². The predicted octanol–water partition coefficient (Wildman–Crippen LogP) is 2.27. The number of benzene rings is 2. The highest BCUT2D eigenvalue weighted by atomic mass is 16.5. The highest BCUT2D eigenvalue weighted by Gasteiger charge is 2.07. The number of carbonyl (C=O) groups is 3. The van der Waals surface area contributed by atoms with Gasteiger partial charge in [0, 0.05) is 23.9 Å². The van der Waals surface area contributed by atoms with Crippen molar-refractivity contribution in [2.24, 2.45) is 0 Å². The summed E-state index contributed by atoms with van der Waals surface area (Å²) >= 11 is 0. The van der Waals surface area contributed by atoms with Crippen LogP contribution in [-0.2, 0) is 4.79 Å². The fourth-order valence-corrected chi connectivity index (χ4v) is 2.00. The lowest BCUT2D eigenvalue weighted by Crippen LogP contribution is -2.20. The SMILES string of the molecule is CNC(=O)c1ccc(NC(=O)COc2cccc(C(C)=O)c2)cc1. The van der Waals surface area contributed by atoms with Crippen LogP contribution in [0.1, 0.15) is 27.6 Å². The Balaban J connectivity index is 1.90. The number of amides is 2. The van der Waals surface area contributed by atoms with Crippen LogP contribution in [0.5, 0.6) is 5.75 Å². The molecule has 0 saturated heterocycles. The molecular weight excluding hydrogens is 308 g/mol. The molecule has 2 aromatic rings. The van der Waals surface area contributed by atoms with Gasteiger partial charge in [0.2, 0.25) is 0 Å². The first-order chi connectivity index (χ1) is 11.5. The lowest BCUT2D eigenvalue weighted by atomic mass is 10.1. The predicted molar refractivity (Wildman–Crippen MR) is 90.4 cm³/mol. The van der Waals surface area contributed by atoms with Gasteiger partial charge in [-0.25, -0.2) is 0 Å². The van der Waals surface area contributed by atoms with Crippen molar-refractivity contribution in [2.75, 3.05) is 19.0 Å². The number of ether oxygens (including phenoxy) is 1. The second-order valence-electron chi connectivity index (χ2n) is 5.08. The second-order valence-corrected chi connectivity index (χ2v) is 5.08. The third-order valence-corrected chi connectivity index (χ3v) is 3.27. The van der Waals surface area contributed by atoms with E-state index in [1.807, 2.05) is 0 Å². The van der Waals surface area contributed by atoms with Crippen LogP contribution in [0.25, 0.3) is 0 Å². The van der Waals surface area contributed by atoms with Gasteiger partial charge in [-0.1, -0.05) is 12.1 Å². The van der Waals surface area contributed by atoms with Gasteiger partial charge in [-0.3, -0.25) is 14.4 Å². The van der Waals surface area contributed by atoms with Crippen LogP contribution < -0.4 is 15.4 Å². The molecule has 0 aromatic heterocycles. The Labute approximate surface area is 139 Å². The van der Waals surface area contributed by atoms with Gasteiger partial charge in [-0.05, 0) is 43.3 Å². The number of anilines is 1. The van der Waals surface area contributed by atoms with Crippen molar-refractivity contribution in [3.63, 3.8) is 0 Å². The minimum absolute atomic E-state index is 0.0684. The number of hydrogen-bond acceptors (Lipinski definition) is 4. The topological polar surface area (TPSA) is 84.5 Å². The Morgan fingerprint density at radius 3 is 2.33 bits per heavy atom. The average Bonchev–Trinajstić information content (AvgIpc) is 2.60. The normalized spacial score (nSPS) is 9.92. The van der Waals surface area contributed by atoms with E-state index in [9.17, 15) is 14.4 Å². The standard InChI is InChI=1S/C18H18N2O4/c1-12(21)14-4-3-5-16(10-14)24-11-17(22)20-15-8-6-13(7-9-15)18(23)19-2/h3-10H,11H2,1-2H3,(H,19,23)(H,20,22). The number of carbonyl (C=O) groups excluding carboxylic acids is 3. The molecule has 0 spiro atoms. The molecule has 2 rings (SSSR count). The summed E-state index contributed by atoms with van der Waals surface area (Å²) in [6.07, 6.45) is 0. The van der Waals surface area contributed by atoms with Gasteiger partial charge in [0.15, 0.2) is 12.4 Å². The smallest absolute Gasteiger partial charge is 0.262 e. The summed E-state index contributed by atoms with van der Waals surface area (Å²) < 4.78 is 5.38. The van der Waals surface area contributed by atoms with Crippen LogP contribution in [0.2, 0.25) is 0 Å². The minimum atomic E-state index is -0.337. The van der Waals surface area contributed by atoms with Gasteiger partial charge < -0.3 is 15.4 Å². The second kappa shape index (κ2) is 7.92. The Kier molecular flexibility index (Phi) is 5.68. The number of Topliss-reactive ketones (excluding diaryl/α,β-unsaturated/α-hetero) is 1. The van der Waals surface area contributed by atoms with Crippen molar-refractivity contribution >= 4 is 23.3 Å². The molecule has 2 N–H and O–H groups in total. The molecular formula is C18H18N2O4. The van der Waals surface area contributed by atoms with Crippen molar-refractivity contribution in [2.45, 2.75) is 6.92 Å². The van der Waals surface area contributed by atoms with Crippen LogP contribution in [0, 0.1) is 0 Å². The van der Waals surface area contributed by atoms with E-state index >= 15 is 0 Å². The van der Waals surface area contributed by atoms with E-state index in [2.05, 4.69) is 10.6 Å². The number of ketones is 1. The molecule has 124 valence electrons. The lowest BCUT2D eigenvalue weighted by molar-refractivity contribution is -0.118. The maximum Gasteiger partial charge on any atom is 0.262 e. The summed E-state index contributed by atoms with van der Waals surface area (Å²) in [6, 6.07) is 13.2. The van der Waals surface area contributed by atoms with Crippen LogP contribution >= 0.6 is 0 Å². The molecule has 0 saturated carbocycles. The molecule has 6 nitrogen and oxygen atoms in total. The molecule has 0 fully saturated rings. The zero-order valence-electron chi connectivity index (χ0n) is 13.5. The van der Waals surface area contributed by atoms with E-state index in [4.69, 9.17) is 4.74 Å². The van der Waals surface area contributed by atoms with Gasteiger partial charge in [0.25, 0.3) is 11.8 Å². The Hall–Kier alpha value is -3.15. The summed E-state index contributed by atoms with van der Waals surface area (Å²) in [4.78, 5) is 34.6. The third-order valence-electron chi connectivity index (χ3n) is 3.27. The third kappa shape index (κ3) is 4.67. The molecule has 0 atom stereocenters. The molecule has 24 heavy (non-hydrogen) atoms. The molecule has 2 amide bonds. The fraction of sp³-hybridized carbons (Fsp3) is 0.167. The van der Waals surface area contributed by atoms with Gasteiger partial charge >= 0.3 is 0 Å². The van der Waals surface area contributed by atoms with Crippen molar-refractivity contribution in [1.82, 2.24) is 5.32 Å². The molecule has 0 radical (unpaired) electrons. The molecule has 6 heteroatoms. The molecule has 0 bridgehead atoms. The van der Waals surface area contributed by atoms with E-state index in [0.717, 1.165) is 0 Å². The van der Waals surface area contributed by atoms with Crippen molar-refractivity contribution in [3.05, 3.63) is 59.7 Å².